The van der Waals surface area contributed by atoms with Gasteiger partial charge in [-0.2, -0.15) is 5.10 Å². The van der Waals surface area contributed by atoms with E-state index in [4.69, 9.17) is 15.1 Å². The molecule has 2 aliphatic heterocycles. The van der Waals surface area contributed by atoms with E-state index in [1.54, 1.807) is 0 Å². The molecule has 214 valence electrons. The van der Waals surface area contributed by atoms with Gasteiger partial charge in [0.15, 0.2) is 17.5 Å². The lowest BCUT2D eigenvalue weighted by molar-refractivity contribution is 0.589. The molecule has 0 saturated heterocycles. The Balaban J connectivity index is 1.46. The average Bonchev–Trinajstić information content (AvgIpc) is 3.36. The largest absolute Gasteiger partial charge is 0.337 e. The van der Waals surface area contributed by atoms with Crippen LogP contribution in [0.3, 0.4) is 0 Å². The maximum Gasteiger partial charge on any atom is 0.179 e. The second-order valence-electron chi connectivity index (χ2n) is 12.3. The van der Waals surface area contributed by atoms with Crippen molar-refractivity contribution in [3.63, 3.8) is 0 Å². The highest BCUT2D eigenvalue weighted by Gasteiger charge is 2.41. The number of rotatable bonds is 4. The van der Waals surface area contributed by atoms with Crippen LogP contribution in [0.15, 0.2) is 113 Å². The summed E-state index contributed by atoms with van der Waals surface area (Å²) in [6, 6.07) is 36.0. The van der Waals surface area contributed by atoms with E-state index in [0.29, 0.717) is 5.84 Å². The third-order valence-corrected chi connectivity index (χ3v) is 8.36. The smallest absolute Gasteiger partial charge is 0.179 e. The van der Waals surface area contributed by atoms with Gasteiger partial charge in [-0.15, -0.1) is 0 Å². The number of fused-ring (bicyclic) bond motifs is 4. The van der Waals surface area contributed by atoms with Crippen molar-refractivity contribution in [3.8, 4) is 5.69 Å². The number of anilines is 2. The summed E-state index contributed by atoms with van der Waals surface area (Å²) in [6.45, 7) is 11.0. The second-order valence-corrected chi connectivity index (χ2v) is 12.3. The fourth-order valence-corrected chi connectivity index (χ4v) is 5.99. The van der Waals surface area contributed by atoms with E-state index >= 15 is 0 Å². The summed E-state index contributed by atoms with van der Waals surface area (Å²) in [7, 11) is 0. The summed E-state index contributed by atoms with van der Waals surface area (Å²) in [6.07, 6.45) is 0.996. The lowest BCUT2D eigenvalue weighted by Crippen LogP contribution is -2.46. The van der Waals surface area contributed by atoms with Crippen molar-refractivity contribution in [1.29, 1.82) is 0 Å². The van der Waals surface area contributed by atoms with E-state index < -0.39 is 0 Å². The summed E-state index contributed by atoms with van der Waals surface area (Å²) < 4.78 is 1.97. The van der Waals surface area contributed by atoms with Gasteiger partial charge in [-0.3, -0.25) is 0 Å². The number of hydrogen-bond donors (Lipinski definition) is 1. The number of aromatic nitrogens is 2. The molecule has 0 unspecified atom stereocenters. The normalized spacial score (nSPS) is 15.7. The van der Waals surface area contributed by atoms with Gasteiger partial charge >= 0.3 is 0 Å². The molecule has 0 fully saturated rings. The number of hydrogen-bond acceptors (Lipinski definition) is 5. The number of nitrogens with one attached hydrogen (secondary N) is 1. The zero-order valence-electron chi connectivity index (χ0n) is 25.3. The van der Waals surface area contributed by atoms with Gasteiger partial charge in [-0.1, -0.05) is 94.4 Å². The fourth-order valence-electron chi connectivity index (χ4n) is 5.99. The molecule has 1 aromatic heterocycles. The maximum absolute atomic E-state index is 5.36. The van der Waals surface area contributed by atoms with E-state index in [-0.39, 0.29) is 11.5 Å². The van der Waals surface area contributed by atoms with Gasteiger partial charge in [-0.05, 0) is 71.8 Å². The number of nitrogens with zero attached hydrogens (tertiary/aromatic N) is 5. The van der Waals surface area contributed by atoms with Crippen LogP contribution in [-0.4, -0.2) is 21.5 Å². The number of aryl methyl sites for hydroxylation is 2. The van der Waals surface area contributed by atoms with Crippen LogP contribution in [0.25, 0.3) is 5.69 Å². The Morgan fingerprint density at radius 1 is 0.791 bits per heavy atom. The molecule has 2 aliphatic rings. The van der Waals surface area contributed by atoms with Crippen molar-refractivity contribution in [2.24, 2.45) is 9.98 Å². The number of aliphatic imine (C=N–C) groups is 2. The van der Waals surface area contributed by atoms with Gasteiger partial charge < -0.3 is 10.2 Å². The average molecular weight is 565 g/mol. The van der Waals surface area contributed by atoms with Crippen molar-refractivity contribution in [1.82, 2.24) is 9.78 Å². The third-order valence-electron chi connectivity index (χ3n) is 8.36. The molecular weight excluding hydrogens is 528 g/mol. The molecule has 0 bridgehead atoms. The molecule has 1 atom stereocenters. The minimum Gasteiger partial charge on any atom is -0.337 e. The molecule has 5 aromatic rings. The Morgan fingerprint density at radius 3 is 2.19 bits per heavy atom. The molecule has 4 aromatic carbocycles. The topological polar surface area (TPSA) is 57.8 Å². The molecule has 6 heteroatoms. The number of para-hydroxylation sites is 3. The highest BCUT2D eigenvalue weighted by atomic mass is 15.4. The lowest BCUT2D eigenvalue weighted by Gasteiger charge is -2.40. The molecule has 0 saturated carbocycles. The highest BCUT2D eigenvalue weighted by molar-refractivity contribution is 6.51. The van der Waals surface area contributed by atoms with E-state index in [2.05, 4.69) is 124 Å². The minimum absolute atomic E-state index is 0.0613. The molecule has 7 rings (SSSR count). The van der Waals surface area contributed by atoms with Crippen LogP contribution in [0.2, 0.25) is 0 Å². The van der Waals surface area contributed by atoms with Crippen LogP contribution >= 0.6 is 0 Å². The first-order valence-corrected chi connectivity index (χ1v) is 15.0. The first kappa shape index (κ1) is 26.9. The van der Waals surface area contributed by atoms with Gasteiger partial charge in [0.25, 0.3) is 0 Å². The molecule has 3 heterocycles. The predicted molar refractivity (Wildman–Crippen MR) is 178 cm³/mol. The number of benzene rings is 4. The Morgan fingerprint density at radius 2 is 1.49 bits per heavy atom. The van der Waals surface area contributed by atoms with Gasteiger partial charge in [0.1, 0.15) is 0 Å². The first-order chi connectivity index (χ1) is 20.8. The van der Waals surface area contributed by atoms with Crippen molar-refractivity contribution in [2.45, 2.75) is 52.5 Å². The zero-order valence-corrected chi connectivity index (χ0v) is 25.3. The van der Waals surface area contributed by atoms with Crippen molar-refractivity contribution in [2.75, 3.05) is 10.2 Å². The van der Waals surface area contributed by atoms with Gasteiger partial charge in [0, 0.05) is 11.3 Å². The summed E-state index contributed by atoms with van der Waals surface area (Å²) in [5.74, 6) is 2.31. The molecule has 0 radical (unpaired) electrons. The van der Waals surface area contributed by atoms with E-state index in [1.807, 2.05) is 28.9 Å². The standard InChI is InChI=1S/C37H36N6/c1-6-25-16-22-28(23-17-25)38-34-36-40-35-32(24(2)41-43(35)29-12-8-7-9-13-29)33(26-18-20-27(21-19-26)37(3,4)5)42(36)31-15-11-10-14-30(31)39-34/h7-23,33H,6H2,1-5H3,(H,38,39)/t33-/m0/s1. The SMILES string of the molecule is CCc1ccc(NC2=Nc3ccccc3N3C2=Nc2c(c(C)nn2-c2ccccc2)[C@@H]3c2ccc(C(C)(C)C)cc2)cc1. The van der Waals surface area contributed by atoms with E-state index in [9.17, 15) is 0 Å². The first-order valence-electron chi connectivity index (χ1n) is 15.0. The van der Waals surface area contributed by atoms with Crippen molar-refractivity contribution >= 4 is 34.6 Å². The van der Waals surface area contributed by atoms with Gasteiger partial charge in [0.2, 0.25) is 0 Å². The summed E-state index contributed by atoms with van der Waals surface area (Å²) in [4.78, 5) is 12.8. The Bertz CT molecular complexity index is 1860. The third kappa shape index (κ3) is 4.73. The predicted octanol–water partition coefficient (Wildman–Crippen LogP) is 8.84. The van der Waals surface area contributed by atoms with Gasteiger partial charge in [-0.25, -0.2) is 14.7 Å². The van der Waals surface area contributed by atoms with E-state index in [0.717, 1.165) is 52.1 Å². The van der Waals surface area contributed by atoms with Crippen LogP contribution in [0.5, 0.6) is 0 Å². The second kappa shape index (κ2) is 10.4. The summed E-state index contributed by atoms with van der Waals surface area (Å²) >= 11 is 0. The lowest BCUT2D eigenvalue weighted by atomic mass is 9.85. The zero-order chi connectivity index (χ0) is 29.7. The molecule has 0 amide bonds. The Hall–Kier alpha value is -4.97. The molecule has 0 spiro atoms. The Kier molecular flexibility index (Phi) is 6.50. The highest BCUT2D eigenvalue weighted by Crippen LogP contribution is 2.48. The Labute approximate surface area is 253 Å². The van der Waals surface area contributed by atoms with Crippen molar-refractivity contribution in [3.05, 3.63) is 131 Å². The summed E-state index contributed by atoms with van der Waals surface area (Å²) in [5, 5.41) is 8.68. The fraction of sp³-hybridized carbons (Fsp3) is 0.216. The molecule has 6 nitrogen and oxygen atoms in total. The van der Waals surface area contributed by atoms with Crippen LogP contribution in [0, 0.1) is 6.92 Å². The number of amidine groups is 2. The molecular formula is C37H36N6. The minimum atomic E-state index is -0.148. The molecule has 43 heavy (non-hydrogen) atoms. The molecule has 0 aliphatic carbocycles. The summed E-state index contributed by atoms with van der Waals surface area (Å²) in [5.41, 5.74) is 9.77. The van der Waals surface area contributed by atoms with Crippen LogP contribution in [0.1, 0.15) is 61.7 Å². The van der Waals surface area contributed by atoms with Gasteiger partial charge in [0.05, 0.1) is 28.8 Å². The molecule has 1 N–H and O–H groups in total. The maximum atomic E-state index is 5.36. The van der Waals surface area contributed by atoms with Crippen LogP contribution in [0.4, 0.5) is 22.9 Å². The van der Waals surface area contributed by atoms with Crippen LogP contribution in [-0.2, 0) is 11.8 Å². The van der Waals surface area contributed by atoms with Crippen LogP contribution < -0.4 is 10.2 Å². The quantitative estimate of drug-likeness (QED) is 0.237. The monoisotopic (exact) mass is 564 g/mol. The van der Waals surface area contributed by atoms with Crippen molar-refractivity contribution < 1.29 is 0 Å². The van der Waals surface area contributed by atoms with E-state index in [1.165, 1.54) is 16.7 Å².